The van der Waals surface area contributed by atoms with Gasteiger partial charge in [0.25, 0.3) is 0 Å². The van der Waals surface area contributed by atoms with Crippen molar-refractivity contribution >= 4 is 7.82 Å². The Morgan fingerprint density at radius 2 is 1.00 bits per heavy atom. The number of ether oxygens (including phenoxy) is 6. The van der Waals surface area contributed by atoms with E-state index in [4.69, 9.17) is 42.0 Å². The molecule has 0 saturated carbocycles. The second-order valence-electron chi connectivity index (χ2n) is 11.4. The monoisotopic (exact) mass is 654 g/mol. The zero-order valence-electron chi connectivity index (χ0n) is 29.1. The Bertz CT molecular complexity index is 685. The minimum Gasteiger partial charge on any atom is -0.373 e. The molecule has 10 nitrogen and oxygen atoms in total. The summed E-state index contributed by atoms with van der Waals surface area (Å²) < 4.78 is 69.9. The molecule has 0 aliphatic carbocycles. The molecule has 0 aromatic rings. The van der Waals surface area contributed by atoms with Crippen molar-refractivity contribution in [1.82, 2.24) is 0 Å². The van der Waals surface area contributed by atoms with E-state index in [0.717, 1.165) is 77.0 Å². The van der Waals surface area contributed by atoms with Crippen LogP contribution in [0.5, 0.6) is 0 Å². The van der Waals surface area contributed by atoms with Gasteiger partial charge in [0.1, 0.15) is 30.5 Å². The number of hydrogen-bond acceptors (Lipinski definition) is 10. The summed E-state index contributed by atoms with van der Waals surface area (Å²) in [6, 6.07) is 0. The van der Waals surface area contributed by atoms with Crippen LogP contribution in [0.3, 0.4) is 0 Å². The summed E-state index contributed by atoms with van der Waals surface area (Å²) in [5, 5.41) is 0. The lowest BCUT2D eigenvalue weighted by Gasteiger charge is -2.47. The fourth-order valence-electron chi connectivity index (χ4n) is 4.61. The van der Waals surface area contributed by atoms with Gasteiger partial charge in [-0.05, 0) is 45.4 Å². The van der Waals surface area contributed by atoms with Gasteiger partial charge in [0.05, 0.1) is 19.8 Å². The molecule has 1 saturated heterocycles. The summed E-state index contributed by atoms with van der Waals surface area (Å²) in [5.41, 5.74) is 0. The maximum Gasteiger partial charge on any atom is 0.474 e. The second-order valence-corrected chi connectivity index (χ2v) is 13.0. The van der Waals surface area contributed by atoms with Crippen molar-refractivity contribution in [3.8, 4) is 0 Å². The first-order valence-corrected chi connectivity index (χ1v) is 19.2. The Morgan fingerprint density at radius 1 is 0.545 bits per heavy atom. The summed E-state index contributed by atoms with van der Waals surface area (Å²) in [6.45, 7) is 17.7. The molecule has 1 aliphatic heterocycles. The molecule has 0 bridgehead atoms. The lowest BCUT2D eigenvalue weighted by atomic mass is 9.94. The van der Waals surface area contributed by atoms with Gasteiger partial charge in [0, 0.05) is 33.0 Å². The normalized spacial score (nSPS) is 23.3. The minimum atomic E-state index is -3.83. The van der Waals surface area contributed by atoms with Gasteiger partial charge < -0.3 is 28.4 Å². The standard InChI is InChI=1S/C33H67O10P/c1-8-15-21-36-28(27-42-44(34,40-25-19-12-5)41-26-20-13-6)29-30(37-22-16-9-2)31(38-23-17-10-3)32(39-24-18-11-4)33(43-29)35-14-7/h28-33H,8-27H2,1-7H3/t28-,29?,30-,31?,32-,33+/m1/s1. The average Bonchev–Trinajstić information content (AvgIpc) is 3.01. The molecule has 6 atom stereocenters. The molecule has 0 radical (unpaired) electrons. The van der Waals surface area contributed by atoms with Gasteiger partial charge >= 0.3 is 7.82 Å². The van der Waals surface area contributed by atoms with Gasteiger partial charge in [-0.3, -0.25) is 13.6 Å². The quantitative estimate of drug-likeness (QED) is 0.0556. The van der Waals surface area contributed by atoms with Gasteiger partial charge in [-0.2, -0.15) is 0 Å². The van der Waals surface area contributed by atoms with Gasteiger partial charge in [-0.1, -0.05) is 80.1 Å². The van der Waals surface area contributed by atoms with E-state index < -0.39 is 44.6 Å². The maximum absolute atomic E-state index is 13.7. The highest BCUT2D eigenvalue weighted by atomic mass is 31.2. The molecule has 0 amide bonds. The van der Waals surface area contributed by atoms with Crippen molar-refractivity contribution in [2.45, 2.75) is 162 Å². The largest absolute Gasteiger partial charge is 0.474 e. The minimum absolute atomic E-state index is 0.0561. The van der Waals surface area contributed by atoms with Crippen molar-refractivity contribution in [1.29, 1.82) is 0 Å². The first-order chi connectivity index (χ1) is 21.4. The summed E-state index contributed by atoms with van der Waals surface area (Å²) in [7, 11) is -3.83. The van der Waals surface area contributed by atoms with Gasteiger partial charge in [-0.15, -0.1) is 0 Å². The SMILES string of the molecule is CCCCOC1[C@H](OCCCC)C([C@@H](COP(=O)(OCCCC)OCCCC)OCCCC)O[C@H](OCC)[C@@H]1OCCCC. The predicted molar refractivity (Wildman–Crippen MR) is 174 cm³/mol. The summed E-state index contributed by atoms with van der Waals surface area (Å²) in [5.74, 6) is 0. The van der Waals surface area contributed by atoms with Crippen LogP contribution in [0.4, 0.5) is 0 Å². The molecule has 0 spiro atoms. The van der Waals surface area contributed by atoms with Crippen molar-refractivity contribution in [3.05, 3.63) is 0 Å². The van der Waals surface area contributed by atoms with Crippen molar-refractivity contribution in [2.24, 2.45) is 0 Å². The summed E-state index contributed by atoms with van der Waals surface area (Å²) in [4.78, 5) is 0. The van der Waals surface area contributed by atoms with Crippen LogP contribution in [0.1, 0.15) is 126 Å². The Balaban J connectivity index is 3.42. The van der Waals surface area contributed by atoms with Crippen molar-refractivity contribution in [2.75, 3.05) is 52.9 Å². The van der Waals surface area contributed by atoms with Gasteiger partial charge in [0.2, 0.25) is 0 Å². The Hall–Kier alpha value is -0.130. The highest BCUT2D eigenvalue weighted by Gasteiger charge is 2.52. The molecule has 264 valence electrons. The molecule has 1 fully saturated rings. The highest BCUT2D eigenvalue weighted by Crippen LogP contribution is 2.50. The summed E-state index contributed by atoms with van der Waals surface area (Å²) in [6.07, 6.45) is 7.50. The molecule has 11 heteroatoms. The lowest BCUT2D eigenvalue weighted by Crippen LogP contribution is -2.64. The van der Waals surface area contributed by atoms with Crippen molar-refractivity contribution < 1.29 is 46.6 Å². The predicted octanol–water partition coefficient (Wildman–Crippen LogP) is 8.25. The smallest absolute Gasteiger partial charge is 0.373 e. The number of hydrogen-bond donors (Lipinski definition) is 0. The van der Waals surface area contributed by atoms with E-state index in [0.29, 0.717) is 46.2 Å². The van der Waals surface area contributed by atoms with E-state index in [1.54, 1.807) is 0 Å². The van der Waals surface area contributed by atoms with E-state index in [2.05, 4.69) is 41.5 Å². The van der Waals surface area contributed by atoms with Crippen LogP contribution in [0.2, 0.25) is 0 Å². The molecule has 1 aliphatic rings. The molecule has 1 rings (SSSR count). The first kappa shape index (κ1) is 41.9. The molecule has 2 unspecified atom stereocenters. The topological polar surface area (TPSA) is 100 Å². The van der Waals surface area contributed by atoms with Crippen LogP contribution < -0.4 is 0 Å². The lowest BCUT2D eigenvalue weighted by molar-refractivity contribution is -0.332. The van der Waals surface area contributed by atoms with E-state index in [-0.39, 0.29) is 6.61 Å². The zero-order valence-corrected chi connectivity index (χ0v) is 30.0. The van der Waals surface area contributed by atoms with Crippen LogP contribution in [-0.2, 0) is 46.6 Å². The molecule has 0 aromatic carbocycles. The Morgan fingerprint density at radius 3 is 1.50 bits per heavy atom. The maximum atomic E-state index is 13.7. The molecular weight excluding hydrogens is 587 g/mol. The van der Waals surface area contributed by atoms with E-state index in [1.807, 2.05) is 6.92 Å². The number of phosphoric ester groups is 1. The fraction of sp³-hybridized carbons (Fsp3) is 1.00. The second kappa shape index (κ2) is 26.9. The van der Waals surface area contributed by atoms with Crippen LogP contribution >= 0.6 is 7.82 Å². The van der Waals surface area contributed by atoms with Crippen LogP contribution in [0.15, 0.2) is 0 Å². The van der Waals surface area contributed by atoms with Crippen molar-refractivity contribution in [3.63, 3.8) is 0 Å². The molecule has 0 aromatic heterocycles. The van der Waals surface area contributed by atoms with Crippen LogP contribution in [-0.4, -0.2) is 89.7 Å². The fourth-order valence-corrected chi connectivity index (χ4v) is 5.87. The molecule has 1 heterocycles. The molecular formula is C33H67O10P. The molecule has 0 N–H and O–H groups in total. The third-order valence-electron chi connectivity index (χ3n) is 7.37. The van der Waals surface area contributed by atoms with Gasteiger partial charge in [0.15, 0.2) is 6.29 Å². The average molecular weight is 655 g/mol. The first-order valence-electron chi connectivity index (χ1n) is 17.7. The van der Waals surface area contributed by atoms with Crippen LogP contribution in [0.25, 0.3) is 0 Å². The van der Waals surface area contributed by atoms with Gasteiger partial charge in [-0.25, -0.2) is 4.57 Å². The third-order valence-corrected chi connectivity index (χ3v) is 8.84. The highest BCUT2D eigenvalue weighted by molar-refractivity contribution is 7.48. The Labute approximate surface area is 269 Å². The van der Waals surface area contributed by atoms with E-state index in [1.165, 1.54) is 0 Å². The third kappa shape index (κ3) is 16.6. The number of unbranched alkanes of at least 4 members (excludes halogenated alkanes) is 6. The number of phosphoric acid groups is 1. The summed E-state index contributed by atoms with van der Waals surface area (Å²) >= 11 is 0. The van der Waals surface area contributed by atoms with E-state index in [9.17, 15) is 4.57 Å². The van der Waals surface area contributed by atoms with Crippen LogP contribution in [0, 0.1) is 0 Å². The zero-order chi connectivity index (χ0) is 32.5. The molecule has 44 heavy (non-hydrogen) atoms. The van der Waals surface area contributed by atoms with E-state index >= 15 is 0 Å². The Kier molecular flexibility index (Phi) is 25.6. The number of rotatable bonds is 30.